The maximum atomic E-state index is 12.8. The Balaban J connectivity index is 0.00000242. The van der Waals surface area contributed by atoms with E-state index < -0.39 is 11.7 Å². The monoisotopic (exact) mass is 356 g/mol. The lowest BCUT2D eigenvalue weighted by atomic mass is 9.92. The molecule has 1 heterocycles. The molecule has 2 unspecified atom stereocenters. The molecule has 2 atom stereocenters. The van der Waals surface area contributed by atoms with E-state index in [9.17, 15) is 13.2 Å². The van der Waals surface area contributed by atoms with Gasteiger partial charge in [-0.15, -0.1) is 12.4 Å². The number of piperidine rings is 1. The summed E-state index contributed by atoms with van der Waals surface area (Å²) in [4.78, 5) is 2.16. The normalized spacial score (nSPS) is 21.3. The van der Waals surface area contributed by atoms with Crippen molar-refractivity contribution in [3.8, 4) is 0 Å². The van der Waals surface area contributed by atoms with Crippen LogP contribution in [-0.4, -0.2) is 24.0 Å². The lowest BCUT2D eigenvalue weighted by molar-refractivity contribution is -0.137. The molecule has 0 aromatic heterocycles. The summed E-state index contributed by atoms with van der Waals surface area (Å²) in [5.41, 5.74) is 5.84. The summed E-state index contributed by atoms with van der Waals surface area (Å²) in [5.74, 6) is 0.403. The van der Waals surface area contributed by atoms with E-state index in [-0.39, 0.29) is 23.5 Å². The Labute approximate surface area is 140 Å². The van der Waals surface area contributed by atoms with Crippen LogP contribution in [0.3, 0.4) is 0 Å². The summed E-state index contributed by atoms with van der Waals surface area (Å²) in [6.45, 7) is 4.17. The first-order chi connectivity index (χ1) is 9.75. The van der Waals surface area contributed by atoms with Crippen LogP contribution in [0, 0.1) is 5.92 Å². The minimum Gasteiger partial charge on any atom is -0.328 e. The molecule has 2 nitrogen and oxygen atoms in total. The highest BCUT2D eigenvalue weighted by molar-refractivity contribution is 6.30. The maximum Gasteiger partial charge on any atom is 0.416 e. The number of nitrogens with two attached hydrogens (primary N) is 1. The van der Waals surface area contributed by atoms with Gasteiger partial charge in [0.05, 0.1) is 5.56 Å². The molecule has 0 spiro atoms. The number of benzene rings is 1. The molecule has 7 heteroatoms. The number of hydrogen-bond acceptors (Lipinski definition) is 2. The summed E-state index contributed by atoms with van der Waals surface area (Å²) in [6.07, 6.45) is -2.26. The molecular formula is C15H21Cl2F3N2. The van der Waals surface area contributed by atoms with Gasteiger partial charge < -0.3 is 5.73 Å². The van der Waals surface area contributed by atoms with E-state index in [1.54, 1.807) is 6.07 Å². The Kier molecular flexibility index (Phi) is 6.99. The number of nitrogens with zero attached hydrogens (tertiary/aromatic N) is 1. The predicted molar refractivity (Wildman–Crippen MR) is 85.4 cm³/mol. The first-order valence-electron chi connectivity index (χ1n) is 7.10. The molecule has 2 N–H and O–H groups in total. The molecule has 0 amide bonds. The molecule has 0 aliphatic carbocycles. The molecular weight excluding hydrogens is 336 g/mol. The fourth-order valence-electron chi connectivity index (χ4n) is 2.83. The number of hydrogen-bond donors (Lipinski definition) is 1. The fraction of sp³-hybridized carbons (Fsp3) is 0.600. The lowest BCUT2D eigenvalue weighted by Crippen LogP contribution is -2.41. The Bertz CT molecular complexity index is 492. The van der Waals surface area contributed by atoms with E-state index in [1.807, 2.05) is 6.92 Å². The van der Waals surface area contributed by atoms with Gasteiger partial charge in [0.2, 0.25) is 0 Å². The quantitative estimate of drug-likeness (QED) is 0.872. The van der Waals surface area contributed by atoms with Crippen LogP contribution in [0.5, 0.6) is 0 Å². The number of halogens is 5. The molecule has 1 fully saturated rings. The SMILES string of the molecule is CC(N)C1CCCN(Cc2cc(Cl)cc(C(F)(F)F)c2)C1.Cl. The minimum absolute atomic E-state index is 0. The molecule has 1 aliphatic heterocycles. The molecule has 126 valence electrons. The van der Waals surface area contributed by atoms with Gasteiger partial charge in [-0.25, -0.2) is 0 Å². The van der Waals surface area contributed by atoms with Crippen molar-refractivity contribution in [2.45, 2.75) is 38.5 Å². The molecule has 1 aromatic carbocycles. The first-order valence-corrected chi connectivity index (χ1v) is 7.48. The van der Waals surface area contributed by atoms with E-state index >= 15 is 0 Å². The fourth-order valence-corrected chi connectivity index (χ4v) is 3.09. The lowest BCUT2D eigenvalue weighted by Gasteiger charge is -2.34. The standard InChI is InChI=1S/C15H20ClF3N2.ClH/c1-10(20)12-3-2-4-21(9-12)8-11-5-13(15(17,18)19)7-14(16)6-11;/h5-7,10,12H,2-4,8-9,20H2,1H3;1H. The predicted octanol–water partition coefficient (Wildman–Crippen LogP) is 4.34. The van der Waals surface area contributed by atoms with Crippen molar-refractivity contribution in [3.05, 3.63) is 34.3 Å². The first kappa shape index (κ1) is 19.6. The number of likely N-dealkylation sites (tertiary alicyclic amines) is 1. The minimum atomic E-state index is -4.37. The molecule has 2 rings (SSSR count). The van der Waals surface area contributed by atoms with Crippen molar-refractivity contribution in [1.82, 2.24) is 4.90 Å². The van der Waals surface area contributed by atoms with Crippen LogP contribution in [0.25, 0.3) is 0 Å². The second-order valence-electron chi connectivity index (χ2n) is 5.84. The van der Waals surface area contributed by atoms with Gasteiger partial charge in [0.25, 0.3) is 0 Å². The van der Waals surface area contributed by atoms with Gasteiger partial charge in [-0.05, 0) is 56.0 Å². The highest BCUT2D eigenvalue weighted by Crippen LogP contribution is 2.32. The molecule has 1 saturated heterocycles. The summed E-state index contributed by atoms with van der Waals surface area (Å²) in [6, 6.07) is 3.86. The summed E-state index contributed by atoms with van der Waals surface area (Å²) < 4.78 is 38.4. The zero-order chi connectivity index (χ0) is 15.6. The Morgan fingerprint density at radius 3 is 2.64 bits per heavy atom. The largest absolute Gasteiger partial charge is 0.416 e. The van der Waals surface area contributed by atoms with Crippen LogP contribution in [0.4, 0.5) is 13.2 Å². The molecule has 1 aliphatic rings. The van der Waals surface area contributed by atoms with Gasteiger partial charge in [0.1, 0.15) is 0 Å². The van der Waals surface area contributed by atoms with Crippen LogP contribution in [0.15, 0.2) is 18.2 Å². The molecule has 0 radical (unpaired) electrons. The van der Waals surface area contributed by atoms with E-state index in [0.717, 1.165) is 32.0 Å². The van der Waals surface area contributed by atoms with Gasteiger partial charge in [-0.1, -0.05) is 11.6 Å². The second-order valence-corrected chi connectivity index (χ2v) is 6.28. The van der Waals surface area contributed by atoms with Gasteiger partial charge in [-0.2, -0.15) is 13.2 Å². The topological polar surface area (TPSA) is 29.3 Å². The third kappa shape index (κ3) is 5.30. The third-order valence-corrected chi connectivity index (χ3v) is 4.19. The van der Waals surface area contributed by atoms with Crippen molar-refractivity contribution < 1.29 is 13.2 Å². The average Bonchev–Trinajstić information content (AvgIpc) is 2.37. The van der Waals surface area contributed by atoms with E-state index in [1.165, 1.54) is 6.07 Å². The van der Waals surface area contributed by atoms with Crippen LogP contribution in [-0.2, 0) is 12.7 Å². The van der Waals surface area contributed by atoms with E-state index in [2.05, 4.69) is 4.90 Å². The zero-order valence-electron chi connectivity index (χ0n) is 12.4. The average molecular weight is 357 g/mol. The Morgan fingerprint density at radius 2 is 2.05 bits per heavy atom. The van der Waals surface area contributed by atoms with Gasteiger partial charge >= 0.3 is 6.18 Å². The van der Waals surface area contributed by atoms with Crippen LogP contribution >= 0.6 is 24.0 Å². The molecule has 0 saturated carbocycles. The van der Waals surface area contributed by atoms with Gasteiger partial charge in [0, 0.05) is 24.2 Å². The van der Waals surface area contributed by atoms with Crippen LogP contribution < -0.4 is 5.73 Å². The van der Waals surface area contributed by atoms with Crippen molar-refractivity contribution in [2.24, 2.45) is 11.7 Å². The third-order valence-electron chi connectivity index (χ3n) is 3.98. The molecule has 1 aromatic rings. The van der Waals surface area contributed by atoms with Crippen LogP contribution in [0.1, 0.15) is 30.9 Å². The van der Waals surface area contributed by atoms with Crippen molar-refractivity contribution in [3.63, 3.8) is 0 Å². The van der Waals surface area contributed by atoms with Gasteiger partial charge in [0.15, 0.2) is 0 Å². The molecule has 0 bridgehead atoms. The van der Waals surface area contributed by atoms with Crippen molar-refractivity contribution in [2.75, 3.05) is 13.1 Å². The Hall–Kier alpha value is -0.490. The molecule has 22 heavy (non-hydrogen) atoms. The van der Waals surface area contributed by atoms with E-state index in [0.29, 0.717) is 18.0 Å². The van der Waals surface area contributed by atoms with Crippen molar-refractivity contribution >= 4 is 24.0 Å². The smallest absolute Gasteiger partial charge is 0.328 e. The zero-order valence-corrected chi connectivity index (χ0v) is 13.9. The number of alkyl halides is 3. The number of rotatable bonds is 3. The van der Waals surface area contributed by atoms with Crippen molar-refractivity contribution in [1.29, 1.82) is 0 Å². The van der Waals surface area contributed by atoms with Gasteiger partial charge in [-0.3, -0.25) is 4.90 Å². The van der Waals surface area contributed by atoms with E-state index in [4.69, 9.17) is 17.3 Å². The Morgan fingerprint density at radius 1 is 1.36 bits per heavy atom. The summed E-state index contributed by atoms with van der Waals surface area (Å²) in [7, 11) is 0. The summed E-state index contributed by atoms with van der Waals surface area (Å²) in [5, 5.41) is 0.126. The highest BCUT2D eigenvalue weighted by Gasteiger charge is 2.31. The second kappa shape index (κ2) is 7.86. The highest BCUT2D eigenvalue weighted by atomic mass is 35.5. The van der Waals surface area contributed by atoms with Crippen LogP contribution in [0.2, 0.25) is 5.02 Å². The summed E-state index contributed by atoms with van der Waals surface area (Å²) >= 11 is 5.81. The maximum absolute atomic E-state index is 12.8.